The number of carbonyl (C=O) groups excluding carboxylic acids is 2. The van der Waals surface area contributed by atoms with E-state index in [0.29, 0.717) is 35.3 Å². The molecule has 44 heavy (non-hydrogen) atoms. The van der Waals surface area contributed by atoms with Crippen LogP contribution in [0.15, 0.2) is 72.5 Å². The zero-order valence-electron chi connectivity index (χ0n) is 24.9. The largest absolute Gasteiger partial charge is 0.497 e. The molecule has 1 aromatic carbocycles. The molecule has 3 aromatic rings. The molecular weight excluding hydrogens is 575 g/mol. The minimum Gasteiger partial charge on any atom is -0.497 e. The summed E-state index contributed by atoms with van der Waals surface area (Å²) in [5.74, 6) is 0.271. The van der Waals surface area contributed by atoms with Crippen LogP contribution in [0.5, 0.6) is 5.75 Å². The number of halogens is 3. The van der Waals surface area contributed by atoms with Crippen LogP contribution in [0.25, 0.3) is 0 Å². The maximum atomic E-state index is 13.7. The molecule has 230 valence electrons. The molecule has 2 N–H and O–H groups in total. The minimum atomic E-state index is -4.60. The Kier molecular flexibility index (Phi) is 9.36. The van der Waals surface area contributed by atoms with Gasteiger partial charge >= 0.3 is 12.2 Å². The second-order valence-corrected chi connectivity index (χ2v) is 9.92. The summed E-state index contributed by atoms with van der Waals surface area (Å²) in [5, 5.41) is 5.76. The van der Waals surface area contributed by atoms with Gasteiger partial charge < -0.3 is 15.4 Å². The van der Waals surface area contributed by atoms with Gasteiger partial charge in [-0.1, -0.05) is 18.7 Å². The van der Waals surface area contributed by atoms with Gasteiger partial charge in [0.05, 0.1) is 30.7 Å². The highest BCUT2D eigenvalue weighted by molar-refractivity contribution is 6.08. The van der Waals surface area contributed by atoms with Gasteiger partial charge in [-0.25, -0.2) is 9.78 Å². The van der Waals surface area contributed by atoms with Crippen molar-refractivity contribution in [2.45, 2.75) is 40.4 Å². The summed E-state index contributed by atoms with van der Waals surface area (Å²) >= 11 is 0. The van der Waals surface area contributed by atoms with E-state index in [-0.39, 0.29) is 23.8 Å². The number of aryl methyl sites for hydroxylation is 2. The molecule has 0 atom stereocenters. The van der Waals surface area contributed by atoms with Crippen LogP contribution in [-0.2, 0) is 11.3 Å². The molecular formula is C31H32F3N7O3. The summed E-state index contributed by atoms with van der Waals surface area (Å²) < 4.78 is 44.8. The van der Waals surface area contributed by atoms with Crippen LogP contribution < -0.4 is 25.2 Å². The Morgan fingerprint density at radius 3 is 2.57 bits per heavy atom. The van der Waals surface area contributed by atoms with Crippen molar-refractivity contribution in [2.24, 2.45) is 0 Å². The van der Waals surface area contributed by atoms with Crippen LogP contribution in [0, 0.1) is 13.8 Å². The maximum absolute atomic E-state index is 13.7. The molecule has 0 unspecified atom stereocenters. The average molecular weight is 608 g/mol. The van der Waals surface area contributed by atoms with Crippen LogP contribution in [0.3, 0.4) is 0 Å². The molecule has 3 heterocycles. The number of pyridine rings is 1. The molecule has 1 aliphatic heterocycles. The molecule has 13 heteroatoms. The molecule has 1 aliphatic rings. The predicted octanol–water partition coefficient (Wildman–Crippen LogP) is 6.77. The first-order valence-electron chi connectivity index (χ1n) is 13.6. The van der Waals surface area contributed by atoms with E-state index in [9.17, 15) is 22.8 Å². The number of nitrogens with one attached hydrogen (secondary N) is 2. The minimum absolute atomic E-state index is 0.117. The van der Waals surface area contributed by atoms with Crippen molar-refractivity contribution in [3.05, 3.63) is 89.4 Å². The van der Waals surface area contributed by atoms with Crippen molar-refractivity contribution in [3.8, 4) is 5.75 Å². The number of hydrogen-bond donors (Lipinski definition) is 2. The first-order valence-corrected chi connectivity index (χ1v) is 13.6. The van der Waals surface area contributed by atoms with Gasteiger partial charge in [-0.2, -0.15) is 18.2 Å². The smallest absolute Gasteiger partial charge is 0.412 e. The standard InChI is InChI=1S/C31H32F3N7O3/c1-7-9-21(12-18(3)31(32,33)34)28(42)37-23-13-24(15-25(14-23)44-6)41-17-22-16-35-29(39-27(22)40(8-2)30(41)43)38-26-11-10-19(4)36-20(26)5/h7,9-16H,1,8,17H2,2-6H3,(H,37,42)(H,35,38,39)/b18-12+,21-9+. The third-order valence-electron chi connectivity index (χ3n) is 6.75. The van der Waals surface area contributed by atoms with E-state index in [1.807, 2.05) is 32.9 Å². The lowest BCUT2D eigenvalue weighted by atomic mass is 10.1. The summed E-state index contributed by atoms with van der Waals surface area (Å²) in [6.45, 7) is 10.4. The monoisotopic (exact) mass is 607 g/mol. The Morgan fingerprint density at radius 1 is 1.18 bits per heavy atom. The molecule has 0 saturated heterocycles. The van der Waals surface area contributed by atoms with Crippen molar-refractivity contribution in [3.63, 3.8) is 0 Å². The topological polar surface area (TPSA) is 113 Å². The lowest BCUT2D eigenvalue weighted by Gasteiger charge is -2.35. The summed E-state index contributed by atoms with van der Waals surface area (Å²) in [6.07, 6.45) is 0.167. The van der Waals surface area contributed by atoms with Crippen molar-refractivity contribution < 1.29 is 27.5 Å². The molecule has 2 aromatic heterocycles. The van der Waals surface area contributed by atoms with Crippen LogP contribution in [-0.4, -0.2) is 46.7 Å². The molecule has 0 fully saturated rings. The highest BCUT2D eigenvalue weighted by Gasteiger charge is 2.33. The first kappa shape index (κ1) is 31.7. The third kappa shape index (κ3) is 7.05. The fourth-order valence-electron chi connectivity index (χ4n) is 4.47. The summed E-state index contributed by atoms with van der Waals surface area (Å²) in [6, 6.07) is 8.02. The van der Waals surface area contributed by atoms with Crippen LogP contribution in [0.4, 0.5) is 46.8 Å². The number of hydrogen-bond acceptors (Lipinski definition) is 7. The van der Waals surface area contributed by atoms with Gasteiger partial charge in [-0.05, 0) is 52.0 Å². The molecule has 0 aliphatic carbocycles. The molecule has 0 saturated carbocycles. The van der Waals surface area contributed by atoms with E-state index in [4.69, 9.17) is 4.74 Å². The zero-order chi connectivity index (χ0) is 32.2. The van der Waals surface area contributed by atoms with E-state index >= 15 is 0 Å². The predicted molar refractivity (Wildman–Crippen MR) is 163 cm³/mol. The summed E-state index contributed by atoms with van der Waals surface area (Å²) in [4.78, 5) is 43.2. The highest BCUT2D eigenvalue weighted by atomic mass is 19.4. The lowest BCUT2D eigenvalue weighted by molar-refractivity contribution is -0.112. The maximum Gasteiger partial charge on any atom is 0.412 e. The number of urea groups is 1. The number of amides is 3. The van der Waals surface area contributed by atoms with Gasteiger partial charge in [0.25, 0.3) is 5.91 Å². The van der Waals surface area contributed by atoms with Crippen molar-refractivity contribution in [1.29, 1.82) is 0 Å². The number of aromatic nitrogens is 3. The van der Waals surface area contributed by atoms with Crippen LogP contribution in [0.2, 0.25) is 0 Å². The van der Waals surface area contributed by atoms with Crippen molar-refractivity contribution >= 4 is 40.8 Å². The number of benzene rings is 1. The number of carbonyl (C=O) groups is 2. The number of rotatable bonds is 9. The Bertz CT molecular complexity index is 1670. The SMILES string of the molecule is C=C/C=C(\C=C(/C)C(F)(F)F)C(=O)Nc1cc(OC)cc(N2Cc3cnc(Nc4ccc(C)nc4C)nc3N(CC)C2=O)c1. The Labute approximate surface area is 253 Å². The van der Waals surface area contributed by atoms with Gasteiger partial charge in [-0.15, -0.1) is 0 Å². The highest BCUT2D eigenvalue weighted by Crippen LogP contribution is 2.35. The first-order chi connectivity index (χ1) is 20.8. The van der Waals surface area contributed by atoms with E-state index in [2.05, 4.69) is 32.2 Å². The van der Waals surface area contributed by atoms with Gasteiger partial charge in [0.1, 0.15) is 11.6 Å². The summed E-state index contributed by atoms with van der Waals surface area (Å²) in [7, 11) is 1.42. The molecule has 0 spiro atoms. The summed E-state index contributed by atoms with van der Waals surface area (Å²) in [5.41, 5.74) is 2.46. The van der Waals surface area contributed by atoms with Crippen LogP contribution >= 0.6 is 0 Å². The van der Waals surface area contributed by atoms with E-state index < -0.39 is 17.7 Å². The number of methoxy groups -OCH3 is 1. The number of alkyl halides is 3. The lowest BCUT2D eigenvalue weighted by Crippen LogP contribution is -2.48. The second kappa shape index (κ2) is 13.0. The Hall–Kier alpha value is -5.20. The molecule has 0 radical (unpaired) electrons. The fraction of sp³-hybridized carbons (Fsp3) is 0.258. The quantitative estimate of drug-likeness (QED) is 0.204. The van der Waals surface area contributed by atoms with Gasteiger partial charge in [0, 0.05) is 53.0 Å². The molecule has 4 rings (SSSR count). The van der Waals surface area contributed by atoms with E-state index in [0.717, 1.165) is 30.1 Å². The number of allylic oxidation sites excluding steroid dienone is 3. The second-order valence-electron chi connectivity index (χ2n) is 9.92. The fourth-order valence-corrected chi connectivity index (χ4v) is 4.47. The van der Waals surface area contributed by atoms with E-state index in [1.54, 1.807) is 12.3 Å². The normalized spacial score (nSPS) is 13.9. The Morgan fingerprint density at radius 2 is 1.93 bits per heavy atom. The van der Waals surface area contributed by atoms with Gasteiger partial charge in [-0.3, -0.25) is 19.6 Å². The Balaban J connectivity index is 1.64. The van der Waals surface area contributed by atoms with E-state index in [1.165, 1.54) is 41.2 Å². The van der Waals surface area contributed by atoms with Crippen LogP contribution in [0.1, 0.15) is 30.8 Å². The number of nitrogens with zero attached hydrogens (tertiary/aromatic N) is 5. The molecule has 10 nitrogen and oxygen atoms in total. The van der Waals surface area contributed by atoms with Crippen molar-refractivity contribution in [2.75, 3.05) is 34.1 Å². The van der Waals surface area contributed by atoms with Crippen molar-refractivity contribution in [1.82, 2.24) is 15.0 Å². The van der Waals surface area contributed by atoms with Gasteiger partial charge in [0.15, 0.2) is 0 Å². The number of fused-ring (bicyclic) bond motifs is 1. The zero-order valence-corrected chi connectivity index (χ0v) is 24.9. The number of ether oxygens (including phenoxy) is 1. The number of anilines is 5. The average Bonchev–Trinajstić information content (AvgIpc) is 2.97. The third-order valence-corrected chi connectivity index (χ3v) is 6.75. The molecule has 3 amide bonds. The van der Waals surface area contributed by atoms with Gasteiger partial charge in [0.2, 0.25) is 5.95 Å². The molecule has 0 bridgehead atoms.